The molecule has 0 unspecified atom stereocenters. The first-order valence-corrected chi connectivity index (χ1v) is 3.32. The molecule has 30 heavy (non-hydrogen) atoms. The molecule has 0 aromatic carbocycles. The van der Waals surface area contributed by atoms with Gasteiger partial charge in [-0.25, -0.2) is 28.8 Å². The molecule has 204 valence electrons. The zero-order chi connectivity index (χ0) is 15.5. The first-order valence-electron chi connectivity index (χ1n) is 3.32. The topological polar surface area (TPSA) is 539 Å². The van der Waals surface area contributed by atoms with Crippen LogP contribution in [0.2, 0.25) is 0 Å². The van der Waals surface area contributed by atoms with Crippen molar-refractivity contribution >= 4 is 35.8 Å². The van der Waals surface area contributed by atoms with Gasteiger partial charge in [0.15, 0.2) is 0 Å². The van der Waals surface area contributed by atoms with Crippen LogP contribution in [0.1, 0.15) is 0 Å². The van der Waals surface area contributed by atoms with Crippen molar-refractivity contribution in [3.63, 3.8) is 0 Å². The van der Waals surface area contributed by atoms with Crippen molar-refractivity contribution in [3.05, 3.63) is 0 Å². The van der Waals surface area contributed by atoms with Crippen LogP contribution < -0.4 is 0 Å². The van der Waals surface area contributed by atoms with Crippen LogP contribution in [-0.2, 0) is 28.8 Å². The summed E-state index contributed by atoms with van der Waals surface area (Å²) in [5, 5.41) is 44.3. The normalized spacial score (nSPS) is 4.40. The monoisotopic (exact) mass is 780 g/mol. The van der Waals surface area contributed by atoms with Gasteiger partial charge in [-0.3, -0.25) is 0 Å². The number of carboxylic acid groups (broad SMARTS) is 6. The SMILES string of the molecule is O.O.O.O.O.O.O.O.O.O.O=C(O)C(=O)O.O=C(O)C(=O)O.O=C(O)C(=O)O.[Ho].[Ho]. The minimum atomic E-state index is -1.82. The number of hydrogen-bond acceptors (Lipinski definition) is 6. The standard InChI is InChI=1S/3C2H2O4.2Ho.10H2O/c3*3-1(4)2(5)6;;;;;;;;;;;;/h3*(H,3,4)(H,5,6);;;10*1H2. The van der Waals surface area contributed by atoms with Gasteiger partial charge in [0, 0.05) is 75.5 Å². The van der Waals surface area contributed by atoms with Gasteiger partial charge in [0.05, 0.1) is 0 Å². The second-order valence-electron chi connectivity index (χ2n) is 1.83. The Kier molecular flexibility index (Phi) is 274. The summed E-state index contributed by atoms with van der Waals surface area (Å²) in [4.78, 5) is 54.6. The Morgan fingerprint density at radius 2 is 0.300 bits per heavy atom. The van der Waals surface area contributed by atoms with E-state index in [0.29, 0.717) is 0 Å². The zero-order valence-electron chi connectivity index (χ0n) is 13.7. The Balaban J connectivity index is -0.00000000721. The van der Waals surface area contributed by atoms with Gasteiger partial charge in [-0.15, -0.1) is 0 Å². The van der Waals surface area contributed by atoms with Crippen LogP contribution in [0, 0.1) is 75.5 Å². The van der Waals surface area contributed by atoms with E-state index in [-0.39, 0.29) is 130 Å². The molecule has 0 saturated carbocycles. The van der Waals surface area contributed by atoms with Crippen LogP contribution in [0.4, 0.5) is 0 Å². The van der Waals surface area contributed by atoms with Gasteiger partial charge in [-0.05, 0) is 0 Å². The van der Waals surface area contributed by atoms with Crippen molar-refractivity contribution in [2.45, 2.75) is 0 Å². The van der Waals surface area contributed by atoms with Crippen molar-refractivity contribution in [1.82, 2.24) is 0 Å². The minimum Gasteiger partial charge on any atom is -0.473 e. The molecule has 0 aliphatic carbocycles. The van der Waals surface area contributed by atoms with Crippen LogP contribution in [0.3, 0.4) is 0 Å². The van der Waals surface area contributed by atoms with Gasteiger partial charge >= 0.3 is 35.8 Å². The smallest absolute Gasteiger partial charge is 0.414 e. The molecule has 26 N–H and O–H groups in total. The molecule has 0 aliphatic heterocycles. The van der Waals surface area contributed by atoms with Crippen molar-refractivity contribution in [1.29, 1.82) is 0 Å². The molecule has 0 aliphatic rings. The molecule has 0 amide bonds. The third-order valence-electron chi connectivity index (χ3n) is 0.549. The van der Waals surface area contributed by atoms with Gasteiger partial charge in [0.2, 0.25) is 0 Å². The van der Waals surface area contributed by atoms with Gasteiger partial charge in [0.25, 0.3) is 0 Å². The first-order chi connectivity index (χ1) is 7.93. The minimum absolute atomic E-state index is 0. The predicted octanol–water partition coefficient (Wildman–Crippen LogP) is -10.8. The summed E-state index contributed by atoms with van der Waals surface area (Å²) in [6.07, 6.45) is 0. The van der Waals surface area contributed by atoms with Crippen LogP contribution >= 0.6 is 0 Å². The van der Waals surface area contributed by atoms with E-state index < -0.39 is 35.8 Å². The third-order valence-corrected chi connectivity index (χ3v) is 0.549. The van der Waals surface area contributed by atoms with E-state index in [1.807, 2.05) is 0 Å². The molecule has 0 atom stereocenters. The predicted molar refractivity (Wildman–Crippen MR) is 82.0 cm³/mol. The number of carbonyl (C=O) groups is 6. The van der Waals surface area contributed by atoms with E-state index in [0.717, 1.165) is 0 Å². The average molecular weight is 780 g/mol. The molecule has 0 spiro atoms. The third kappa shape index (κ3) is 151. The summed E-state index contributed by atoms with van der Waals surface area (Å²) in [6.45, 7) is 0. The molecule has 22 nitrogen and oxygen atoms in total. The van der Waals surface area contributed by atoms with E-state index >= 15 is 0 Å². The molecule has 2 radical (unpaired) electrons. The molecule has 0 aromatic heterocycles. The number of rotatable bonds is 0. The fourth-order valence-corrected chi connectivity index (χ4v) is 0. The molecule has 24 heteroatoms. The fraction of sp³-hybridized carbons (Fsp3) is 0. The summed E-state index contributed by atoms with van der Waals surface area (Å²) in [6, 6.07) is 0. The quantitative estimate of drug-likeness (QED) is 0.0986. The van der Waals surface area contributed by atoms with E-state index in [1.165, 1.54) is 0 Å². The second-order valence-corrected chi connectivity index (χ2v) is 1.83. The summed E-state index contributed by atoms with van der Waals surface area (Å²) >= 11 is 0. The Bertz CT molecular complexity index is 287. The van der Waals surface area contributed by atoms with Crippen LogP contribution in [0.5, 0.6) is 0 Å². The van der Waals surface area contributed by atoms with E-state index in [2.05, 4.69) is 0 Å². The molecule has 0 aromatic rings. The number of carboxylic acids is 6. The molecule has 0 heterocycles. The Morgan fingerprint density at radius 1 is 0.267 bits per heavy atom. The molecule has 0 rings (SSSR count). The van der Waals surface area contributed by atoms with E-state index in [4.69, 9.17) is 59.4 Å². The van der Waals surface area contributed by atoms with Crippen molar-refractivity contribution in [3.8, 4) is 0 Å². The van der Waals surface area contributed by atoms with E-state index in [1.54, 1.807) is 0 Å². The van der Waals surface area contributed by atoms with E-state index in [9.17, 15) is 0 Å². The summed E-state index contributed by atoms with van der Waals surface area (Å²) in [5.74, 6) is -10.9. The molecule has 0 fully saturated rings. The molecular formula is C6H26Ho2O22. The van der Waals surface area contributed by atoms with Gasteiger partial charge < -0.3 is 85.4 Å². The zero-order valence-corrected chi connectivity index (χ0v) is 17.6. The summed E-state index contributed by atoms with van der Waals surface area (Å²) < 4.78 is 0. The summed E-state index contributed by atoms with van der Waals surface area (Å²) in [5.41, 5.74) is 0. The number of hydrogen-bond donors (Lipinski definition) is 6. The molecule has 0 bridgehead atoms. The van der Waals surface area contributed by atoms with Crippen molar-refractivity contribution in [2.24, 2.45) is 0 Å². The van der Waals surface area contributed by atoms with Gasteiger partial charge in [-0.2, -0.15) is 0 Å². The van der Waals surface area contributed by atoms with Crippen molar-refractivity contribution < 1.29 is 190 Å². The van der Waals surface area contributed by atoms with Crippen LogP contribution in [0.25, 0.3) is 0 Å². The van der Waals surface area contributed by atoms with Gasteiger partial charge in [-0.1, -0.05) is 0 Å². The summed E-state index contributed by atoms with van der Waals surface area (Å²) in [7, 11) is 0. The maximum Gasteiger partial charge on any atom is 0.414 e. The van der Waals surface area contributed by atoms with Gasteiger partial charge in [0.1, 0.15) is 0 Å². The molecule has 0 saturated heterocycles. The Morgan fingerprint density at radius 3 is 0.300 bits per heavy atom. The fourth-order valence-electron chi connectivity index (χ4n) is 0. The molecular weight excluding hydrogens is 754 g/mol. The Hall–Kier alpha value is -1.06. The first kappa shape index (κ1) is 116. The Labute approximate surface area is 223 Å². The van der Waals surface area contributed by atoms with Crippen LogP contribution in [-0.4, -0.2) is 121 Å². The number of aliphatic carboxylic acids is 6. The largest absolute Gasteiger partial charge is 0.473 e. The maximum absolute atomic E-state index is 9.10. The average Bonchev–Trinajstić information content (AvgIpc) is 2.18. The maximum atomic E-state index is 9.10. The van der Waals surface area contributed by atoms with Crippen molar-refractivity contribution in [2.75, 3.05) is 0 Å². The van der Waals surface area contributed by atoms with Crippen LogP contribution in [0.15, 0.2) is 0 Å². The second kappa shape index (κ2) is 70.7.